The molecule has 5 rings (SSSR count). The maximum Gasteiger partial charge on any atom is 0.254 e. The second-order valence-corrected chi connectivity index (χ2v) is 10.4. The summed E-state index contributed by atoms with van der Waals surface area (Å²) < 4.78 is 0. The van der Waals surface area contributed by atoms with Crippen LogP contribution in [0, 0.1) is 6.92 Å². The van der Waals surface area contributed by atoms with Crippen molar-refractivity contribution in [2.75, 3.05) is 38.5 Å². The molecule has 7 nitrogen and oxygen atoms in total. The number of primary amides is 1. The first-order chi connectivity index (χ1) is 17.7. The quantitative estimate of drug-likeness (QED) is 0.365. The van der Waals surface area contributed by atoms with Gasteiger partial charge in [0.25, 0.3) is 5.91 Å². The number of nitrogens with one attached hydrogen (secondary N) is 2. The molecular weight excluding hydrogens is 462 g/mol. The normalized spacial score (nSPS) is 14.6. The number of anilines is 1. The summed E-state index contributed by atoms with van der Waals surface area (Å²) in [6, 6.07) is 16.6. The van der Waals surface area contributed by atoms with E-state index < -0.39 is 0 Å². The van der Waals surface area contributed by atoms with Crippen molar-refractivity contribution in [1.82, 2.24) is 14.8 Å². The number of hydrogen-bond donors (Lipinski definition) is 3. The number of rotatable bonds is 6. The molecule has 1 aromatic heterocycles. The monoisotopic (exact) mass is 497 g/mol. The highest BCUT2D eigenvalue weighted by Gasteiger charge is 2.22. The van der Waals surface area contributed by atoms with Gasteiger partial charge in [-0.25, -0.2) is 0 Å². The number of likely N-dealkylation sites (N-methyl/N-ethyl adjacent to an activating group) is 1. The largest absolute Gasteiger partial charge is 0.383 e. The lowest BCUT2D eigenvalue weighted by molar-refractivity contribution is -0.117. The number of nitrogens with two attached hydrogens (primary N) is 1. The van der Waals surface area contributed by atoms with Gasteiger partial charge in [-0.15, -0.1) is 0 Å². The Hall–Kier alpha value is -3.84. The van der Waals surface area contributed by atoms with Crippen molar-refractivity contribution in [3.63, 3.8) is 0 Å². The lowest BCUT2D eigenvalue weighted by atomic mass is 9.92. The number of aromatic nitrogens is 1. The van der Waals surface area contributed by atoms with Crippen molar-refractivity contribution in [2.24, 2.45) is 5.73 Å². The number of fused-ring (bicyclic) bond motifs is 3. The lowest BCUT2D eigenvalue weighted by Crippen LogP contribution is -2.47. The van der Waals surface area contributed by atoms with Gasteiger partial charge < -0.3 is 25.8 Å². The van der Waals surface area contributed by atoms with E-state index in [1.165, 1.54) is 0 Å². The van der Waals surface area contributed by atoms with Crippen LogP contribution in [0.2, 0.25) is 0 Å². The van der Waals surface area contributed by atoms with Gasteiger partial charge in [0.1, 0.15) is 0 Å². The van der Waals surface area contributed by atoms with Crippen molar-refractivity contribution in [3.8, 4) is 11.1 Å². The van der Waals surface area contributed by atoms with Crippen LogP contribution in [-0.4, -0.2) is 65.9 Å². The molecule has 1 fully saturated rings. The summed E-state index contributed by atoms with van der Waals surface area (Å²) in [4.78, 5) is 32.8. The minimum atomic E-state index is -0.377. The summed E-state index contributed by atoms with van der Waals surface area (Å²) in [6.45, 7) is 9.60. The molecule has 4 N–H and O–H groups in total. The average Bonchev–Trinajstić information content (AvgIpc) is 3.25. The first-order valence-electron chi connectivity index (χ1n) is 12.9. The van der Waals surface area contributed by atoms with E-state index in [-0.39, 0.29) is 18.2 Å². The number of nitrogens with zero attached hydrogens (tertiary/aromatic N) is 2. The highest BCUT2D eigenvalue weighted by Crippen LogP contribution is 2.39. The Morgan fingerprint density at radius 3 is 2.49 bits per heavy atom. The van der Waals surface area contributed by atoms with Gasteiger partial charge in [0.15, 0.2) is 0 Å². The molecule has 0 saturated carbocycles. The third-order valence-corrected chi connectivity index (χ3v) is 7.31. The Morgan fingerprint density at radius 2 is 1.78 bits per heavy atom. The summed E-state index contributed by atoms with van der Waals surface area (Å²) in [5, 5.41) is 5.60. The van der Waals surface area contributed by atoms with Gasteiger partial charge in [0.05, 0.1) is 11.9 Å². The molecule has 1 saturated heterocycles. The van der Waals surface area contributed by atoms with Crippen LogP contribution in [0.5, 0.6) is 0 Å². The zero-order valence-corrected chi connectivity index (χ0v) is 22.0. The van der Waals surface area contributed by atoms with Gasteiger partial charge in [-0.05, 0) is 68.3 Å². The van der Waals surface area contributed by atoms with Crippen molar-refractivity contribution in [2.45, 2.75) is 33.2 Å². The molecule has 0 bridgehead atoms. The van der Waals surface area contributed by atoms with E-state index in [1.54, 1.807) is 0 Å². The number of hydrogen-bond acceptors (Lipinski definition) is 4. The first-order valence-corrected chi connectivity index (χ1v) is 12.9. The number of H-pyrrole nitrogens is 1. The van der Waals surface area contributed by atoms with E-state index in [1.807, 2.05) is 29.2 Å². The topological polar surface area (TPSA) is 94.5 Å². The second kappa shape index (κ2) is 9.90. The Labute approximate surface area is 217 Å². The van der Waals surface area contributed by atoms with E-state index in [0.717, 1.165) is 75.9 Å². The molecule has 1 aliphatic rings. The van der Waals surface area contributed by atoms with Crippen LogP contribution in [0.1, 0.15) is 35.3 Å². The molecule has 0 spiro atoms. The molecule has 0 unspecified atom stereocenters. The van der Waals surface area contributed by atoms with Gasteiger partial charge in [-0.2, -0.15) is 0 Å². The molecule has 1 aliphatic heterocycles. The fourth-order valence-corrected chi connectivity index (χ4v) is 5.35. The number of benzene rings is 3. The summed E-state index contributed by atoms with van der Waals surface area (Å²) in [5.74, 6) is -0.326. The summed E-state index contributed by atoms with van der Waals surface area (Å²) in [5.41, 5.74) is 13.3. The second-order valence-electron chi connectivity index (χ2n) is 10.4. The fraction of sp³-hybridized carbons (Fsp3) is 0.333. The molecular formula is C30H35N5O2. The highest BCUT2D eigenvalue weighted by molar-refractivity contribution is 6.17. The van der Waals surface area contributed by atoms with Crippen LogP contribution in [0.4, 0.5) is 5.69 Å². The van der Waals surface area contributed by atoms with E-state index >= 15 is 0 Å². The Balaban J connectivity index is 1.66. The fourth-order valence-electron chi connectivity index (χ4n) is 5.35. The molecule has 2 amide bonds. The number of carbonyl (C=O) groups excluding carboxylic acids is 2. The van der Waals surface area contributed by atoms with Gasteiger partial charge in [0.2, 0.25) is 5.91 Å². The van der Waals surface area contributed by atoms with Crippen LogP contribution < -0.4 is 11.1 Å². The zero-order valence-electron chi connectivity index (χ0n) is 22.0. The predicted octanol–water partition coefficient (Wildman–Crippen LogP) is 4.53. The van der Waals surface area contributed by atoms with E-state index in [4.69, 9.17) is 5.73 Å². The van der Waals surface area contributed by atoms with Crippen LogP contribution >= 0.6 is 0 Å². The van der Waals surface area contributed by atoms with Crippen LogP contribution in [0.15, 0.2) is 48.5 Å². The molecule has 7 heteroatoms. The number of aromatic amines is 1. The van der Waals surface area contributed by atoms with Gasteiger partial charge in [-0.3, -0.25) is 9.59 Å². The van der Waals surface area contributed by atoms with E-state index in [9.17, 15) is 9.59 Å². The summed E-state index contributed by atoms with van der Waals surface area (Å²) in [6.07, 6.45) is 0.143. The van der Waals surface area contributed by atoms with E-state index in [2.05, 4.69) is 67.3 Å². The van der Waals surface area contributed by atoms with Crippen molar-refractivity contribution >= 4 is 39.3 Å². The minimum Gasteiger partial charge on any atom is -0.383 e. The average molecular weight is 498 g/mol. The molecule has 0 radical (unpaired) electrons. The summed E-state index contributed by atoms with van der Waals surface area (Å²) in [7, 11) is 2.08. The van der Waals surface area contributed by atoms with Gasteiger partial charge >= 0.3 is 0 Å². The Bertz CT molecular complexity index is 1500. The van der Waals surface area contributed by atoms with Crippen LogP contribution in [0.3, 0.4) is 0 Å². The maximum absolute atomic E-state index is 13.3. The predicted molar refractivity (Wildman–Crippen MR) is 151 cm³/mol. The molecule has 3 aromatic carbocycles. The zero-order chi connectivity index (χ0) is 26.3. The van der Waals surface area contributed by atoms with Crippen molar-refractivity contribution < 1.29 is 9.59 Å². The number of carbonyl (C=O) groups is 2. The number of piperazine rings is 1. The van der Waals surface area contributed by atoms with Crippen LogP contribution in [-0.2, 0) is 11.2 Å². The molecule has 2 heterocycles. The lowest BCUT2D eigenvalue weighted by Gasteiger charge is -2.32. The van der Waals surface area contributed by atoms with Crippen molar-refractivity contribution in [1.29, 1.82) is 0 Å². The van der Waals surface area contributed by atoms with E-state index in [0.29, 0.717) is 11.6 Å². The number of amides is 2. The molecule has 4 aromatic rings. The smallest absolute Gasteiger partial charge is 0.254 e. The standard InChI is InChI=1S/C30H35N5O2/c1-18(2)32-25-7-5-6-22(19(25)3)23-10-8-20(17-27(31)36)29-28(23)24-11-9-21(16-26(24)33-29)30(37)35-14-12-34(4)13-15-35/h5-11,16,18,32-33H,12-15,17H2,1-4H3,(H2,31,36). The maximum atomic E-state index is 13.3. The Kier molecular flexibility index (Phi) is 6.65. The minimum absolute atomic E-state index is 0.0505. The Morgan fingerprint density at radius 1 is 1.03 bits per heavy atom. The molecule has 0 aliphatic carbocycles. The van der Waals surface area contributed by atoms with Gasteiger partial charge in [-0.1, -0.05) is 30.3 Å². The highest BCUT2D eigenvalue weighted by atomic mass is 16.2. The van der Waals surface area contributed by atoms with Crippen molar-refractivity contribution in [3.05, 3.63) is 65.2 Å². The molecule has 192 valence electrons. The summed E-state index contributed by atoms with van der Waals surface area (Å²) >= 11 is 0. The molecule has 0 atom stereocenters. The third kappa shape index (κ3) is 4.79. The third-order valence-electron chi connectivity index (χ3n) is 7.31. The molecule has 37 heavy (non-hydrogen) atoms. The SMILES string of the molecule is Cc1c(NC(C)C)cccc1-c1ccc(CC(N)=O)c2[nH]c3cc(C(=O)N4CCN(C)CC4)ccc3c12. The van der Waals surface area contributed by atoms with Crippen LogP contribution in [0.25, 0.3) is 32.9 Å². The van der Waals surface area contributed by atoms with Gasteiger partial charge in [0, 0.05) is 59.8 Å². The first kappa shape index (κ1) is 24.8.